The van der Waals surface area contributed by atoms with Gasteiger partial charge in [-0.3, -0.25) is 4.68 Å². The van der Waals surface area contributed by atoms with Crippen LogP contribution < -0.4 is 5.32 Å². The van der Waals surface area contributed by atoms with Crippen LogP contribution >= 0.6 is 0 Å². The van der Waals surface area contributed by atoms with Gasteiger partial charge in [-0.15, -0.1) is 0 Å². The zero-order chi connectivity index (χ0) is 9.52. The van der Waals surface area contributed by atoms with Crippen LogP contribution in [0.25, 0.3) is 0 Å². The Bertz CT molecular complexity index is 235. The Labute approximate surface area is 78.9 Å². The standard InChI is InChI=1S/C9H17N3O/c1-3-13-7-6-10-8-9-4-5-11-12(9)2/h4-5,10H,3,6-8H2,1-2H3. The Hall–Kier alpha value is -0.870. The summed E-state index contributed by atoms with van der Waals surface area (Å²) in [7, 11) is 1.94. The zero-order valence-corrected chi connectivity index (χ0v) is 8.29. The maximum Gasteiger partial charge on any atom is 0.0590 e. The van der Waals surface area contributed by atoms with Gasteiger partial charge in [0.05, 0.1) is 12.3 Å². The Kier molecular flexibility index (Phi) is 4.49. The summed E-state index contributed by atoms with van der Waals surface area (Å²) in [5, 5.41) is 7.35. The second-order valence-corrected chi connectivity index (χ2v) is 2.82. The van der Waals surface area contributed by atoms with Crippen molar-refractivity contribution < 1.29 is 4.74 Å². The lowest BCUT2D eigenvalue weighted by molar-refractivity contribution is 0.149. The molecule has 0 amide bonds. The molecule has 1 N–H and O–H groups in total. The van der Waals surface area contributed by atoms with Crippen LogP contribution in [0.2, 0.25) is 0 Å². The van der Waals surface area contributed by atoms with Crippen LogP contribution in [-0.4, -0.2) is 29.5 Å². The largest absolute Gasteiger partial charge is 0.380 e. The van der Waals surface area contributed by atoms with Gasteiger partial charge in [-0.25, -0.2) is 0 Å². The van der Waals surface area contributed by atoms with Gasteiger partial charge in [0, 0.05) is 32.9 Å². The van der Waals surface area contributed by atoms with E-state index in [1.165, 1.54) is 5.69 Å². The summed E-state index contributed by atoms with van der Waals surface area (Å²) in [5.74, 6) is 0. The number of hydrogen-bond acceptors (Lipinski definition) is 3. The van der Waals surface area contributed by atoms with Crippen molar-refractivity contribution in [1.82, 2.24) is 15.1 Å². The van der Waals surface area contributed by atoms with Gasteiger partial charge in [-0.05, 0) is 13.0 Å². The average molecular weight is 183 g/mol. The van der Waals surface area contributed by atoms with Crippen LogP contribution in [0.4, 0.5) is 0 Å². The number of rotatable bonds is 6. The highest BCUT2D eigenvalue weighted by Gasteiger charge is 1.96. The number of aryl methyl sites for hydroxylation is 1. The van der Waals surface area contributed by atoms with E-state index in [0.29, 0.717) is 0 Å². The van der Waals surface area contributed by atoms with Crippen LogP contribution in [-0.2, 0) is 18.3 Å². The minimum Gasteiger partial charge on any atom is -0.380 e. The fourth-order valence-corrected chi connectivity index (χ4v) is 1.08. The molecular weight excluding hydrogens is 166 g/mol. The lowest BCUT2D eigenvalue weighted by Crippen LogP contribution is -2.20. The van der Waals surface area contributed by atoms with E-state index in [9.17, 15) is 0 Å². The SMILES string of the molecule is CCOCCNCc1ccnn1C. The Morgan fingerprint density at radius 1 is 1.62 bits per heavy atom. The molecule has 0 spiro atoms. The minimum atomic E-state index is 0.772. The normalized spacial score (nSPS) is 10.6. The highest BCUT2D eigenvalue weighted by molar-refractivity contribution is 4.98. The third-order valence-electron chi connectivity index (χ3n) is 1.86. The molecule has 13 heavy (non-hydrogen) atoms. The molecule has 1 aromatic rings. The van der Waals surface area contributed by atoms with Gasteiger partial charge in [-0.2, -0.15) is 5.10 Å². The Morgan fingerprint density at radius 2 is 2.46 bits per heavy atom. The second-order valence-electron chi connectivity index (χ2n) is 2.82. The number of nitrogens with zero attached hydrogens (tertiary/aromatic N) is 2. The summed E-state index contributed by atoms with van der Waals surface area (Å²) in [5.41, 5.74) is 1.19. The molecule has 0 aliphatic rings. The predicted octanol–water partition coefficient (Wildman–Crippen LogP) is 0.546. The van der Waals surface area contributed by atoms with Gasteiger partial charge in [0.15, 0.2) is 0 Å². The summed E-state index contributed by atoms with van der Waals surface area (Å²) >= 11 is 0. The van der Waals surface area contributed by atoms with E-state index in [1.807, 2.05) is 24.7 Å². The van der Waals surface area contributed by atoms with Crippen LogP contribution in [0.15, 0.2) is 12.3 Å². The number of hydrogen-bond donors (Lipinski definition) is 1. The third kappa shape index (κ3) is 3.57. The van der Waals surface area contributed by atoms with Crippen molar-refractivity contribution in [2.75, 3.05) is 19.8 Å². The molecule has 0 fully saturated rings. The summed E-state index contributed by atoms with van der Waals surface area (Å²) in [4.78, 5) is 0. The summed E-state index contributed by atoms with van der Waals surface area (Å²) in [6.45, 7) is 5.30. The molecule has 0 saturated carbocycles. The van der Waals surface area contributed by atoms with Gasteiger partial charge >= 0.3 is 0 Å². The first kappa shape index (κ1) is 10.2. The minimum absolute atomic E-state index is 0.772. The molecule has 0 aliphatic heterocycles. The number of ether oxygens (including phenoxy) is 1. The second kappa shape index (κ2) is 5.72. The van der Waals surface area contributed by atoms with Crippen molar-refractivity contribution in [3.8, 4) is 0 Å². The Morgan fingerprint density at radius 3 is 3.08 bits per heavy atom. The molecule has 0 unspecified atom stereocenters. The molecule has 0 aromatic carbocycles. The van der Waals surface area contributed by atoms with Gasteiger partial charge in [0.1, 0.15) is 0 Å². The highest BCUT2D eigenvalue weighted by atomic mass is 16.5. The summed E-state index contributed by atoms with van der Waals surface area (Å²) < 4.78 is 7.07. The fraction of sp³-hybridized carbons (Fsp3) is 0.667. The van der Waals surface area contributed by atoms with Crippen LogP contribution in [0, 0.1) is 0 Å². The smallest absolute Gasteiger partial charge is 0.0590 e. The van der Waals surface area contributed by atoms with Crippen LogP contribution in [0.1, 0.15) is 12.6 Å². The monoisotopic (exact) mass is 183 g/mol. The van der Waals surface area contributed by atoms with Gasteiger partial charge < -0.3 is 10.1 Å². The maximum atomic E-state index is 5.20. The first-order valence-electron chi connectivity index (χ1n) is 4.60. The lowest BCUT2D eigenvalue weighted by Gasteiger charge is -2.04. The fourth-order valence-electron chi connectivity index (χ4n) is 1.08. The Balaban J connectivity index is 2.10. The summed E-state index contributed by atoms with van der Waals surface area (Å²) in [6, 6.07) is 2.01. The molecule has 0 saturated heterocycles. The van der Waals surface area contributed by atoms with Gasteiger partial charge in [-0.1, -0.05) is 0 Å². The molecular formula is C9H17N3O. The molecule has 0 bridgehead atoms. The van der Waals surface area contributed by atoms with E-state index < -0.39 is 0 Å². The number of nitrogens with one attached hydrogen (secondary N) is 1. The van der Waals surface area contributed by atoms with Crippen molar-refractivity contribution in [3.63, 3.8) is 0 Å². The maximum absolute atomic E-state index is 5.20. The molecule has 1 aromatic heterocycles. The van der Waals surface area contributed by atoms with Gasteiger partial charge in [0.25, 0.3) is 0 Å². The predicted molar refractivity (Wildman–Crippen MR) is 51.4 cm³/mol. The third-order valence-corrected chi connectivity index (χ3v) is 1.86. The molecule has 4 heteroatoms. The van der Waals surface area contributed by atoms with Crippen molar-refractivity contribution in [2.45, 2.75) is 13.5 Å². The quantitative estimate of drug-likeness (QED) is 0.654. The first-order valence-corrected chi connectivity index (χ1v) is 4.60. The average Bonchev–Trinajstić information content (AvgIpc) is 2.52. The van der Waals surface area contributed by atoms with Crippen LogP contribution in [0.3, 0.4) is 0 Å². The van der Waals surface area contributed by atoms with Crippen LogP contribution in [0.5, 0.6) is 0 Å². The molecule has 0 aliphatic carbocycles. The summed E-state index contributed by atoms with van der Waals surface area (Å²) in [6.07, 6.45) is 1.81. The van der Waals surface area contributed by atoms with Crippen molar-refractivity contribution in [2.24, 2.45) is 7.05 Å². The topological polar surface area (TPSA) is 39.1 Å². The van der Waals surface area contributed by atoms with Crippen molar-refractivity contribution >= 4 is 0 Å². The number of aromatic nitrogens is 2. The molecule has 4 nitrogen and oxygen atoms in total. The van der Waals surface area contributed by atoms with E-state index in [0.717, 1.165) is 26.3 Å². The van der Waals surface area contributed by atoms with E-state index >= 15 is 0 Å². The van der Waals surface area contributed by atoms with E-state index in [1.54, 1.807) is 6.20 Å². The van der Waals surface area contributed by atoms with E-state index in [-0.39, 0.29) is 0 Å². The molecule has 0 atom stereocenters. The van der Waals surface area contributed by atoms with E-state index in [2.05, 4.69) is 10.4 Å². The zero-order valence-electron chi connectivity index (χ0n) is 8.29. The molecule has 1 rings (SSSR count). The molecule has 74 valence electrons. The molecule has 1 heterocycles. The molecule has 0 radical (unpaired) electrons. The first-order chi connectivity index (χ1) is 6.34. The van der Waals surface area contributed by atoms with Crippen molar-refractivity contribution in [1.29, 1.82) is 0 Å². The highest BCUT2D eigenvalue weighted by Crippen LogP contribution is 1.93. The van der Waals surface area contributed by atoms with Crippen molar-refractivity contribution in [3.05, 3.63) is 18.0 Å². The van der Waals surface area contributed by atoms with E-state index in [4.69, 9.17) is 4.74 Å². The van der Waals surface area contributed by atoms with Gasteiger partial charge in [0.2, 0.25) is 0 Å². The lowest BCUT2D eigenvalue weighted by atomic mass is 10.4.